The Balaban J connectivity index is 5.17. The largest absolute Gasteiger partial charge is 0.734 e. The fourth-order valence-electron chi connectivity index (χ4n) is 0.614. The smallest absolute Gasteiger partial charge is 0.284 e. The van der Waals surface area contributed by atoms with Crippen molar-refractivity contribution in [1.29, 1.82) is 0 Å². The molecule has 0 radical (unpaired) electrons. The second-order valence-electron chi connectivity index (χ2n) is 3.79. The summed E-state index contributed by atoms with van der Waals surface area (Å²) in [6, 6.07) is 0. The van der Waals surface area contributed by atoms with Crippen molar-refractivity contribution in [2.24, 2.45) is 0 Å². The molecule has 0 aromatic heterocycles. The zero-order valence-electron chi connectivity index (χ0n) is 7.53. The third kappa shape index (κ3) is 1.53. The van der Waals surface area contributed by atoms with E-state index in [2.05, 4.69) is 0 Å². The average molecular weight is 208 g/mol. The van der Waals surface area contributed by atoms with Gasteiger partial charge < -0.3 is 0 Å². The SMILES string of the molecule is C[Si](C)(C)[Si](C)([N+](=O)[O-])[N+](=O)[O-]. The fourth-order valence-corrected chi connectivity index (χ4v) is 5.13. The first-order valence-corrected chi connectivity index (χ1v) is 10.3. The van der Waals surface area contributed by atoms with Crippen LogP contribution in [0.4, 0.5) is 0 Å². The van der Waals surface area contributed by atoms with Crippen LogP contribution in [0.2, 0.25) is 26.2 Å². The van der Waals surface area contributed by atoms with Crippen LogP contribution in [0.15, 0.2) is 0 Å². The molecule has 0 aliphatic heterocycles. The Morgan fingerprint density at radius 2 is 1.17 bits per heavy atom. The lowest BCUT2D eigenvalue weighted by molar-refractivity contribution is -0.478. The Labute approximate surface area is 71.9 Å². The van der Waals surface area contributed by atoms with Gasteiger partial charge in [-0.1, -0.05) is 19.6 Å². The number of rotatable bonds is 3. The molecule has 0 bridgehead atoms. The molecule has 0 amide bonds. The highest BCUT2D eigenvalue weighted by Gasteiger charge is 2.72. The second-order valence-corrected chi connectivity index (χ2v) is 18.4. The van der Waals surface area contributed by atoms with Crippen LogP contribution in [0.25, 0.3) is 0 Å². The van der Waals surface area contributed by atoms with Crippen LogP contribution in [-0.4, -0.2) is 24.7 Å². The van der Waals surface area contributed by atoms with Crippen LogP contribution < -0.4 is 0 Å². The highest BCUT2D eigenvalue weighted by molar-refractivity contribution is 7.34. The van der Waals surface area contributed by atoms with E-state index in [0.717, 1.165) is 0 Å². The van der Waals surface area contributed by atoms with Gasteiger partial charge in [0.25, 0.3) is 0 Å². The molecule has 0 N–H and O–H groups in total. The first-order valence-electron chi connectivity index (χ1n) is 3.43. The standard InChI is InChI=1S/C4H12N2O4Si2/c1-11(2,3)12(4,5(7)8)6(9)10/h1-4H3. The van der Waals surface area contributed by atoms with E-state index in [1.54, 1.807) is 19.6 Å². The zero-order chi connectivity index (χ0) is 10.2. The quantitative estimate of drug-likeness (QED) is 0.394. The van der Waals surface area contributed by atoms with Gasteiger partial charge in [0, 0.05) is 9.18 Å². The Morgan fingerprint density at radius 1 is 0.917 bits per heavy atom. The maximum atomic E-state index is 10.6. The molecule has 6 nitrogen and oxygen atoms in total. The lowest BCUT2D eigenvalue weighted by atomic mass is 11.8. The predicted molar refractivity (Wildman–Crippen MR) is 49.0 cm³/mol. The summed E-state index contributed by atoms with van der Waals surface area (Å²) in [6.07, 6.45) is 0. The summed E-state index contributed by atoms with van der Waals surface area (Å²) >= 11 is 0. The van der Waals surface area contributed by atoms with Crippen LogP contribution in [0, 0.1) is 20.2 Å². The molecule has 0 unspecified atom stereocenters. The van der Waals surface area contributed by atoms with Gasteiger partial charge in [0.1, 0.15) is 0 Å². The molecule has 0 aliphatic carbocycles. The molecule has 0 aromatic carbocycles. The minimum atomic E-state index is -3.52. The molecular formula is C4H12N2O4Si2. The first-order chi connectivity index (χ1) is 5.14. The van der Waals surface area contributed by atoms with Gasteiger partial charge in [0.05, 0.1) is 6.55 Å². The van der Waals surface area contributed by atoms with Gasteiger partial charge in [0.2, 0.25) is 7.59 Å². The normalized spacial score (nSPS) is 12.7. The molecule has 8 heteroatoms. The lowest BCUT2D eigenvalue weighted by Crippen LogP contribution is -2.66. The lowest BCUT2D eigenvalue weighted by Gasteiger charge is -2.17. The van der Waals surface area contributed by atoms with Crippen LogP contribution in [0.1, 0.15) is 0 Å². The van der Waals surface area contributed by atoms with Crippen molar-refractivity contribution in [1.82, 2.24) is 0 Å². The topological polar surface area (TPSA) is 86.3 Å². The zero-order valence-corrected chi connectivity index (χ0v) is 9.53. The number of hydrogen-bond donors (Lipinski definition) is 0. The second kappa shape index (κ2) is 2.94. The minimum Gasteiger partial charge on any atom is -0.284 e. The first kappa shape index (κ1) is 11.2. The van der Waals surface area contributed by atoms with E-state index in [0.29, 0.717) is 0 Å². The molecule has 0 saturated carbocycles. The third-order valence-electron chi connectivity index (χ3n) is 2.13. The molecule has 0 saturated heterocycles. The van der Waals surface area contributed by atoms with E-state index in [4.69, 9.17) is 0 Å². The van der Waals surface area contributed by atoms with E-state index in [9.17, 15) is 20.2 Å². The van der Waals surface area contributed by atoms with Crippen molar-refractivity contribution in [3.63, 3.8) is 0 Å². The van der Waals surface area contributed by atoms with Crippen molar-refractivity contribution in [2.75, 3.05) is 0 Å². The van der Waals surface area contributed by atoms with E-state index >= 15 is 0 Å². The Kier molecular flexibility index (Phi) is 2.75. The van der Waals surface area contributed by atoms with Crippen LogP contribution in [0.3, 0.4) is 0 Å². The summed E-state index contributed by atoms with van der Waals surface area (Å²) in [4.78, 5) is 21.1. The summed E-state index contributed by atoms with van der Waals surface area (Å²) in [5.41, 5.74) is 0. The maximum absolute atomic E-state index is 10.6. The molecule has 0 fully saturated rings. The van der Waals surface area contributed by atoms with Gasteiger partial charge in [0.15, 0.2) is 0 Å². The summed E-state index contributed by atoms with van der Waals surface area (Å²) < 4.78 is -1.31. The molecule has 0 atom stereocenters. The van der Waals surface area contributed by atoms with Crippen LogP contribution >= 0.6 is 0 Å². The predicted octanol–water partition coefficient (Wildman–Crippen LogP) is 1.03. The molecule has 0 rings (SSSR count). The molecule has 0 heterocycles. The molecule has 12 heavy (non-hydrogen) atoms. The molecule has 70 valence electrons. The van der Waals surface area contributed by atoms with Gasteiger partial charge in [-0.15, -0.1) is 0 Å². The highest BCUT2D eigenvalue weighted by atomic mass is 29.3. The van der Waals surface area contributed by atoms with Gasteiger partial charge in [-0.25, -0.2) is 0 Å². The maximum Gasteiger partial charge on any atom is 0.734 e. The van der Waals surface area contributed by atoms with E-state index in [1.807, 2.05) is 0 Å². The Morgan fingerprint density at radius 3 is 1.17 bits per heavy atom. The number of nitro groups is 2. The molecule has 0 aromatic rings. The summed E-state index contributed by atoms with van der Waals surface area (Å²) in [6.45, 7) is 6.24. The van der Waals surface area contributed by atoms with Gasteiger partial charge in [-0.3, -0.25) is 20.2 Å². The van der Waals surface area contributed by atoms with Gasteiger partial charge in [-0.2, -0.15) is 0 Å². The molecular weight excluding hydrogens is 196 g/mol. The van der Waals surface area contributed by atoms with Crippen molar-refractivity contribution in [3.8, 4) is 0 Å². The van der Waals surface area contributed by atoms with Crippen LogP contribution in [0.5, 0.6) is 0 Å². The minimum absolute atomic E-state index is 0.654. The number of nitrogens with zero attached hydrogens (tertiary/aromatic N) is 2. The third-order valence-corrected chi connectivity index (χ3v) is 16.0. The van der Waals surface area contributed by atoms with Crippen molar-refractivity contribution in [2.45, 2.75) is 26.2 Å². The summed E-state index contributed by atoms with van der Waals surface area (Å²) in [5, 5.41) is 21.1. The molecule has 0 aliphatic rings. The number of hydrogen-bond acceptors (Lipinski definition) is 4. The van der Waals surface area contributed by atoms with Gasteiger partial charge in [-0.05, 0) is 0 Å². The van der Waals surface area contributed by atoms with Crippen LogP contribution in [-0.2, 0) is 0 Å². The monoisotopic (exact) mass is 208 g/mol. The van der Waals surface area contributed by atoms with Crippen molar-refractivity contribution >= 4 is 15.5 Å². The van der Waals surface area contributed by atoms with Crippen molar-refractivity contribution < 1.29 is 9.18 Å². The highest BCUT2D eigenvalue weighted by Crippen LogP contribution is 2.19. The fraction of sp³-hybridized carbons (Fsp3) is 1.00. The van der Waals surface area contributed by atoms with Crippen molar-refractivity contribution in [3.05, 3.63) is 20.2 Å². The van der Waals surface area contributed by atoms with E-state index < -0.39 is 24.7 Å². The van der Waals surface area contributed by atoms with Gasteiger partial charge >= 0.3 is 7.91 Å². The Bertz CT molecular complexity index is 210. The molecule has 0 spiro atoms. The van der Waals surface area contributed by atoms with E-state index in [1.165, 1.54) is 6.55 Å². The Hall–Kier alpha value is -0.766. The van der Waals surface area contributed by atoms with E-state index in [-0.39, 0.29) is 0 Å². The summed E-state index contributed by atoms with van der Waals surface area (Å²) in [5.74, 6) is 0. The average Bonchev–Trinajstić information content (AvgIpc) is 1.82. The summed E-state index contributed by atoms with van der Waals surface area (Å²) in [7, 11) is -5.82.